The summed E-state index contributed by atoms with van der Waals surface area (Å²) in [7, 11) is 0. The van der Waals surface area contributed by atoms with Crippen molar-refractivity contribution in [1.82, 2.24) is 0 Å². The van der Waals surface area contributed by atoms with Crippen LogP contribution >= 0.6 is 0 Å². The Bertz CT molecular complexity index is 3600. The van der Waals surface area contributed by atoms with Crippen LogP contribution in [0.3, 0.4) is 0 Å². The maximum Gasteiger partial charge on any atom is 0.0468 e. The molecule has 0 aromatic heterocycles. The fourth-order valence-corrected chi connectivity index (χ4v) is 9.82. The molecule has 0 spiro atoms. The van der Waals surface area contributed by atoms with E-state index in [-0.39, 0.29) is 0 Å². The Labute approximate surface area is 367 Å². The first kappa shape index (κ1) is 36.6. The van der Waals surface area contributed by atoms with E-state index in [1.165, 1.54) is 98.4 Å². The number of anilines is 3. The van der Waals surface area contributed by atoms with E-state index in [0.29, 0.717) is 0 Å². The van der Waals surface area contributed by atoms with Gasteiger partial charge in [0.15, 0.2) is 0 Å². The van der Waals surface area contributed by atoms with E-state index < -0.39 is 0 Å². The number of hydrogen-bond acceptors (Lipinski definition) is 1. The average Bonchev–Trinajstić information content (AvgIpc) is 3.37. The van der Waals surface area contributed by atoms with Crippen LogP contribution in [0.2, 0.25) is 0 Å². The molecule has 0 aliphatic heterocycles. The summed E-state index contributed by atoms with van der Waals surface area (Å²) in [5.74, 6) is 0. The highest BCUT2D eigenvalue weighted by Gasteiger charge is 2.18. The van der Waals surface area contributed by atoms with Gasteiger partial charge in [0, 0.05) is 17.1 Å². The van der Waals surface area contributed by atoms with E-state index in [1.54, 1.807) is 0 Å². The van der Waals surface area contributed by atoms with Crippen molar-refractivity contribution < 1.29 is 0 Å². The second kappa shape index (κ2) is 15.3. The van der Waals surface area contributed by atoms with Crippen LogP contribution in [0.15, 0.2) is 249 Å². The zero-order valence-corrected chi connectivity index (χ0v) is 34.6. The lowest BCUT2D eigenvalue weighted by Crippen LogP contribution is -2.10. The molecule has 0 heterocycles. The number of benzene rings is 12. The van der Waals surface area contributed by atoms with Crippen LogP contribution in [0.5, 0.6) is 0 Å². The van der Waals surface area contributed by atoms with Gasteiger partial charge in [0.05, 0.1) is 0 Å². The zero-order valence-electron chi connectivity index (χ0n) is 34.6. The van der Waals surface area contributed by atoms with Crippen LogP contribution in [0.25, 0.3) is 98.4 Å². The summed E-state index contributed by atoms with van der Waals surface area (Å²) in [5, 5.41) is 12.6. The van der Waals surface area contributed by atoms with Crippen LogP contribution in [0.1, 0.15) is 0 Å². The number of fused-ring (bicyclic) bond motifs is 8. The normalized spacial score (nSPS) is 11.5. The summed E-state index contributed by atoms with van der Waals surface area (Å²) in [6.07, 6.45) is 0. The Balaban J connectivity index is 0.982. The number of nitrogens with zero attached hydrogens (tertiary/aromatic N) is 1. The van der Waals surface area contributed by atoms with E-state index in [1.807, 2.05) is 0 Å². The van der Waals surface area contributed by atoms with E-state index in [4.69, 9.17) is 0 Å². The molecule has 0 unspecified atom stereocenters. The molecule has 0 amide bonds. The molecule has 0 saturated heterocycles. The zero-order chi connectivity index (χ0) is 41.7. The highest BCUT2D eigenvalue weighted by Crippen LogP contribution is 2.44. The van der Waals surface area contributed by atoms with Gasteiger partial charge < -0.3 is 4.90 Å². The van der Waals surface area contributed by atoms with E-state index in [9.17, 15) is 0 Å². The van der Waals surface area contributed by atoms with Gasteiger partial charge in [-0.25, -0.2) is 0 Å². The van der Waals surface area contributed by atoms with Crippen molar-refractivity contribution >= 4 is 70.9 Å². The molecule has 0 aliphatic rings. The fraction of sp³-hybridized carbons (Fsp3) is 0. The van der Waals surface area contributed by atoms with Gasteiger partial charge in [-0.15, -0.1) is 0 Å². The SMILES string of the molecule is c1ccc(-c2ccc3ccccc3c2-c2ccc(N(c3ccc(-c4ccc(-c5cccc6ccccc56)cc4)cc3)c3ccc4c5ccccc5c5ccccc5c4c3)cc2)cc1. The maximum absolute atomic E-state index is 2.40. The fourth-order valence-electron chi connectivity index (χ4n) is 9.82. The molecule has 12 aromatic rings. The lowest BCUT2D eigenvalue weighted by Gasteiger charge is -2.27. The first-order valence-electron chi connectivity index (χ1n) is 21.7. The van der Waals surface area contributed by atoms with Gasteiger partial charge in [-0.3, -0.25) is 0 Å². The third kappa shape index (κ3) is 6.42. The Morgan fingerprint density at radius 2 is 0.635 bits per heavy atom. The average molecular weight is 800 g/mol. The van der Waals surface area contributed by atoms with Gasteiger partial charge in [-0.2, -0.15) is 0 Å². The molecule has 12 aromatic carbocycles. The molecular formula is C62H41N. The summed E-state index contributed by atoms with van der Waals surface area (Å²) >= 11 is 0. The molecule has 12 rings (SSSR count). The lowest BCUT2D eigenvalue weighted by atomic mass is 9.89. The Morgan fingerprint density at radius 1 is 0.206 bits per heavy atom. The minimum Gasteiger partial charge on any atom is -0.310 e. The van der Waals surface area contributed by atoms with Gasteiger partial charge in [-0.1, -0.05) is 212 Å². The molecule has 0 fully saturated rings. The molecule has 0 bridgehead atoms. The number of rotatable bonds is 7. The van der Waals surface area contributed by atoms with Gasteiger partial charge in [0.1, 0.15) is 0 Å². The van der Waals surface area contributed by atoms with Crippen LogP contribution < -0.4 is 4.90 Å². The standard InChI is InChI=1S/C62H41N/c1-2-13-45(14-3-1)55-39-33-46-16-5-7-19-54(46)62(55)48-31-36-50(37-32-48)63(51-38-40-60-58-22-9-8-20-56(58)57-21-10-11-23-59(57)61(60)41-51)49-34-29-43(30-35-49)42-25-27-47(28-26-42)53-24-12-17-44-15-4-6-18-52(44)53/h1-41H. The van der Waals surface area contributed by atoms with Gasteiger partial charge in [0.25, 0.3) is 0 Å². The second-order valence-electron chi connectivity index (χ2n) is 16.4. The summed E-state index contributed by atoms with van der Waals surface area (Å²) in [6.45, 7) is 0. The van der Waals surface area contributed by atoms with Crippen LogP contribution in [-0.4, -0.2) is 0 Å². The van der Waals surface area contributed by atoms with Gasteiger partial charge >= 0.3 is 0 Å². The van der Waals surface area contributed by atoms with Crippen molar-refractivity contribution in [3.63, 3.8) is 0 Å². The first-order chi connectivity index (χ1) is 31.2. The summed E-state index contributed by atoms with van der Waals surface area (Å²) in [5.41, 5.74) is 13.0. The van der Waals surface area contributed by atoms with Crippen molar-refractivity contribution in [2.24, 2.45) is 0 Å². The number of hydrogen-bond donors (Lipinski definition) is 0. The van der Waals surface area contributed by atoms with Gasteiger partial charge in [0.2, 0.25) is 0 Å². The minimum absolute atomic E-state index is 1.09. The molecule has 63 heavy (non-hydrogen) atoms. The molecule has 0 aliphatic carbocycles. The maximum atomic E-state index is 2.40. The molecular weight excluding hydrogens is 759 g/mol. The molecule has 1 nitrogen and oxygen atoms in total. The molecule has 294 valence electrons. The summed E-state index contributed by atoms with van der Waals surface area (Å²) < 4.78 is 0. The predicted octanol–water partition coefficient (Wildman–Crippen LogP) is 17.6. The lowest BCUT2D eigenvalue weighted by molar-refractivity contribution is 1.29. The van der Waals surface area contributed by atoms with E-state index >= 15 is 0 Å². The van der Waals surface area contributed by atoms with Crippen molar-refractivity contribution in [3.05, 3.63) is 249 Å². The molecule has 0 saturated carbocycles. The van der Waals surface area contributed by atoms with E-state index in [0.717, 1.165) is 17.1 Å². The highest BCUT2D eigenvalue weighted by atomic mass is 15.1. The van der Waals surface area contributed by atoms with Crippen LogP contribution in [-0.2, 0) is 0 Å². The third-order valence-corrected chi connectivity index (χ3v) is 12.9. The van der Waals surface area contributed by atoms with Crippen molar-refractivity contribution in [3.8, 4) is 44.5 Å². The van der Waals surface area contributed by atoms with Crippen LogP contribution in [0, 0.1) is 0 Å². The predicted molar refractivity (Wildman–Crippen MR) is 270 cm³/mol. The molecule has 1 heteroatoms. The molecule has 0 atom stereocenters. The largest absolute Gasteiger partial charge is 0.310 e. The Kier molecular flexibility index (Phi) is 8.90. The van der Waals surface area contributed by atoms with Crippen molar-refractivity contribution in [2.45, 2.75) is 0 Å². The summed E-state index contributed by atoms with van der Waals surface area (Å²) in [6, 6.07) is 91.0. The first-order valence-corrected chi connectivity index (χ1v) is 21.7. The second-order valence-corrected chi connectivity index (χ2v) is 16.4. The third-order valence-electron chi connectivity index (χ3n) is 12.9. The summed E-state index contributed by atoms with van der Waals surface area (Å²) in [4.78, 5) is 2.40. The Hall–Kier alpha value is -8.26. The van der Waals surface area contributed by atoms with Crippen molar-refractivity contribution in [1.29, 1.82) is 0 Å². The van der Waals surface area contributed by atoms with E-state index in [2.05, 4.69) is 254 Å². The molecule has 0 radical (unpaired) electrons. The Morgan fingerprint density at radius 3 is 1.27 bits per heavy atom. The monoisotopic (exact) mass is 799 g/mol. The quantitative estimate of drug-likeness (QED) is 0.145. The minimum atomic E-state index is 1.09. The van der Waals surface area contributed by atoms with Crippen molar-refractivity contribution in [2.75, 3.05) is 4.90 Å². The topological polar surface area (TPSA) is 3.24 Å². The highest BCUT2D eigenvalue weighted by molar-refractivity contribution is 6.25. The van der Waals surface area contributed by atoms with Crippen LogP contribution in [0.4, 0.5) is 17.1 Å². The molecule has 0 N–H and O–H groups in total. The van der Waals surface area contributed by atoms with Gasteiger partial charge in [-0.05, 0) is 135 Å². The smallest absolute Gasteiger partial charge is 0.0468 e.